The number of aromatic carboxylic acids is 1. The van der Waals surface area contributed by atoms with Gasteiger partial charge in [-0.2, -0.15) is 0 Å². The Hall–Kier alpha value is -2.96. The molecule has 7 heteroatoms. The third-order valence-corrected chi connectivity index (χ3v) is 3.11. The van der Waals surface area contributed by atoms with Gasteiger partial charge >= 0.3 is 5.97 Å². The first-order valence-corrected chi connectivity index (χ1v) is 6.43. The minimum atomic E-state index is -1.08. The van der Waals surface area contributed by atoms with Crippen LogP contribution in [0.15, 0.2) is 49.1 Å². The summed E-state index contributed by atoms with van der Waals surface area (Å²) >= 11 is 0. The Kier molecular flexibility index (Phi) is 3.46. The number of benzene rings is 1. The number of hydrogen-bond donors (Lipinski definition) is 1. The maximum absolute atomic E-state index is 11.3. The second-order valence-electron chi connectivity index (χ2n) is 4.48. The van der Waals surface area contributed by atoms with E-state index < -0.39 is 5.97 Å². The highest BCUT2D eigenvalue weighted by Crippen LogP contribution is 2.22. The molecule has 0 aliphatic carbocycles. The van der Waals surface area contributed by atoms with Crippen molar-refractivity contribution in [3.8, 4) is 11.3 Å². The Balaban J connectivity index is 1.95. The van der Waals surface area contributed by atoms with E-state index in [2.05, 4.69) is 15.3 Å². The van der Waals surface area contributed by atoms with Gasteiger partial charge in [-0.1, -0.05) is 35.5 Å². The van der Waals surface area contributed by atoms with E-state index in [4.69, 9.17) is 0 Å². The van der Waals surface area contributed by atoms with Gasteiger partial charge < -0.3 is 9.67 Å². The fraction of sp³-hybridized carbons (Fsp3) is 0.143. The topological polar surface area (TPSA) is 85.8 Å². The van der Waals surface area contributed by atoms with E-state index in [-0.39, 0.29) is 5.69 Å². The van der Waals surface area contributed by atoms with Crippen molar-refractivity contribution < 1.29 is 9.90 Å². The van der Waals surface area contributed by atoms with E-state index in [0.29, 0.717) is 18.8 Å². The predicted octanol–water partition coefficient (Wildman–Crippen LogP) is 1.54. The van der Waals surface area contributed by atoms with E-state index >= 15 is 0 Å². The zero-order valence-corrected chi connectivity index (χ0v) is 11.1. The van der Waals surface area contributed by atoms with Gasteiger partial charge in [-0.25, -0.2) is 14.5 Å². The fourth-order valence-electron chi connectivity index (χ4n) is 2.12. The first-order valence-electron chi connectivity index (χ1n) is 6.43. The number of aryl methyl sites for hydroxylation is 2. The largest absolute Gasteiger partial charge is 0.476 e. The van der Waals surface area contributed by atoms with Crippen molar-refractivity contribution >= 4 is 5.97 Å². The molecule has 0 unspecified atom stereocenters. The zero-order valence-electron chi connectivity index (χ0n) is 11.1. The van der Waals surface area contributed by atoms with Crippen LogP contribution in [-0.4, -0.2) is 35.6 Å². The molecule has 3 aromatic rings. The summed E-state index contributed by atoms with van der Waals surface area (Å²) < 4.78 is 3.51. The molecular weight excluding hydrogens is 270 g/mol. The van der Waals surface area contributed by atoms with Crippen molar-refractivity contribution in [2.24, 2.45) is 0 Å². The Bertz CT molecular complexity index is 734. The second-order valence-corrected chi connectivity index (χ2v) is 4.48. The first-order chi connectivity index (χ1) is 10.3. The third-order valence-electron chi connectivity index (χ3n) is 3.11. The van der Waals surface area contributed by atoms with Gasteiger partial charge in [0, 0.05) is 24.5 Å². The van der Waals surface area contributed by atoms with Gasteiger partial charge in [0.1, 0.15) is 5.69 Å². The summed E-state index contributed by atoms with van der Waals surface area (Å²) in [6.45, 7) is 1.16. The van der Waals surface area contributed by atoms with Crippen LogP contribution in [0.25, 0.3) is 11.3 Å². The molecule has 0 aliphatic heterocycles. The number of nitrogens with zero attached hydrogens (tertiary/aromatic N) is 5. The lowest BCUT2D eigenvalue weighted by atomic mass is 10.1. The fourth-order valence-corrected chi connectivity index (χ4v) is 2.12. The van der Waals surface area contributed by atoms with Crippen LogP contribution in [0.3, 0.4) is 0 Å². The monoisotopic (exact) mass is 283 g/mol. The van der Waals surface area contributed by atoms with Crippen molar-refractivity contribution in [3.63, 3.8) is 0 Å². The van der Waals surface area contributed by atoms with Crippen molar-refractivity contribution in [3.05, 3.63) is 54.7 Å². The van der Waals surface area contributed by atoms with E-state index in [1.807, 2.05) is 41.1 Å². The van der Waals surface area contributed by atoms with Gasteiger partial charge in [0.2, 0.25) is 0 Å². The molecule has 1 aromatic carbocycles. The molecule has 2 heterocycles. The van der Waals surface area contributed by atoms with Gasteiger partial charge in [-0.15, -0.1) is 5.10 Å². The van der Waals surface area contributed by atoms with Gasteiger partial charge in [0.15, 0.2) is 5.69 Å². The minimum absolute atomic E-state index is 0.0353. The second kappa shape index (κ2) is 5.58. The Morgan fingerprint density at radius 2 is 2.00 bits per heavy atom. The predicted molar refractivity (Wildman–Crippen MR) is 74.6 cm³/mol. The highest BCUT2D eigenvalue weighted by Gasteiger charge is 2.20. The van der Waals surface area contributed by atoms with E-state index in [0.717, 1.165) is 5.56 Å². The number of rotatable bonds is 5. The van der Waals surface area contributed by atoms with Crippen LogP contribution in [0, 0.1) is 0 Å². The van der Waals surface area contributed by atoms with Crippen LogP contribution in [0.2, 0.25) is 0 Å². The van der Waals surface area contributed by atoms with Crippen LogP contribution < -0.4 is 0 Å². The summed E-state index contributed by atoms with van der Waals surface area (Å²) in [6, 6.07) is 9.28. The molecule has 7 nitrogen and oxygen atoms in total. The Labute approximate surface area is 120 Å². The van der Waals surface area contributed by atoms with Crippen LogP contribution in [-0.2, 0) is 13.1 Å². The lowest BCUT2D eigenvalue weighted by molar-refractivity contribution is 0.0691. The summed E-state index contributed by atoms with van der Waals surface area (Å²) in [4.78, 5) is 15.3. The first kappa shape index (κ1) is 13.0. The van der Waals surface area contributed by atoms with Gasteiger partial charge in [-0.05, 0) is 0 Å². The number of imidazole rings is 1. The number of carboxylic acid groups (broad SMARTS) is 1. The average molecular weight is 283 g/mol. The molecule has 3 rings (SSSR count). The van der Waals surface area contributed by atoms with E-state index in [9.17, 15) is 9.90 Å². The number of hydrogen-bond acceptors (Lipinski definition) is 4. The highest BCUT2D eigenvalue weighted by atomic mass is 16.4. The van der Waals surface area contributed by atoms with Crippen LogP contribution in [0.4, 0.5) is 0 Å². The van der Waals surface area contributed by atoms with Crippen LogP contribution >= 0.6 is 0 Å². The van der Waals surface area contributed by atoms with Crippen molar-refractivity contribution in [2.75, 3.05) is 0 Å². The van der Waals surface area contributed by atoms with E-state index in [1.165, 1.54) is 0 Å². The SMILES string of the molecule is O=C(O)c1nnn(CCn2ccnc2)c1-c1ccccc1. The van der Waals surface area contributed by atoms with Gasteiger partial charge in [0.25, 0.3) is 0 Å². The molecule has 0 amide bonds. The zero-order chi connectivity index (χ0) is 14.7. The van der Waals surface area contributed by atoms with Crippen LogP contribution in [0.1, 0.15) is 10.5 Å². The Morgan fingerprint density at radius 1 is 1.19 bits per heavy atom. The molecule has 0 atom stereocenters. The highest BCUT2D eigenvalue weighted by molar-refractivity contribution is 5.92. The standard InChI is InChI=1S/C14H13N5O2/c20-14(21)12-13(11-4-2-1-3-5-11)19(17-16-12)9-8-18-7-6-15-10-18/h1-7,10H,8-9H2,(H,20,21). The Morgan fingerprint density at radius 3 is 2.67 bits per heavy atom. The summed E-state index contributed by atoms with van der Waals surface area (Å²) in [5, 5.41) is 17.0. The molecule has 0 aliphatic rings. The maximum Gasteiger partial charge on any atom is 0.358 e. The molecule has 0 radical (unpaired) electrons. The summed E-state index contributed by atoms with van der Waals surface area (Å²) in [6.07, 6.45) is 5.25. The summed E-state index contributed by atoms with van der Waals surface area (Å²) in [5.41, 5.74) is 1.26. The number of carbonyl (C=O) groups is 1. The molecule has 2 aromatic heterocycles. The molecular formula is C14H13N5O2. The van der Waals surface area contributed by atoms with Crippen LogP contribution in [0.5, 0.6) is 0 Å². The molecule has 0 fully saturated rings. The molecule has 0 bridgehead atoms. The maximum atomic E-state index is 11.3. The molecule has 0 spiro atoms. The molecule has 21 heavy (non-hydrogen) atoms. The number of aromatic nitrogens is 5. The van der Waals surface area contributed by atoms with Crippen molar-refractivity contribution in [1.29, 1.82) is 0 Å². The normalized spacial score (nSPS) is 10.7. The van der Waals surface area contributed by atoms with Crippen molar-refractivity contribution in [2.45, 2.75) is 13.1 Å². The summed E-state index contributed by atoms with van der Waals surface area (Å²) in [7, 11) is 0. The quantitative estimate of drug-likeness (QED) is 0.767. The van der Waals surface area contributed by atoms with E-state index in [1.54, 1.807) is 17.2 Å². The van der Waals surface area contributed by atoms with Gasteiger partial charge in [0.05, 0.1) is 12.9 Å². The lowest BCUT2D eigenvalue weighted by Gasteiger charge is -2.07. The molecule has 0 saturated carbocycles. The smallest absolute Gasteiger partial charge is 0.358 e. The molecule has 0 saturated heterocycles. The van der Waals surface area contributed by atoms with Crippen molar-refractivity contribution in [1.82, 2.24) is 24.5 Å². The minimum Gasteiger partial charge on any atom is -0.476 e. The third kappa shape index (κ3) is 2.66. The average Bonchev–Trinajstić information content (AvgIpc) is 3.15. The van der Waals surface area contributed by atoms with Gasteiger partial charge in [-0.3, -0.25) is 0 Å². The molecule has 1 N–H and O–H groups in total. The molecule has 106 valence electrons. The summed E-state index contributed by atoms with van der Waals surface area (Å²) in [5.74, 6) is -1.08. The number of carboxylic acids is 1. The lowest BCUT2D eigenvalue weighted by Crippen LogP contribution is -2.09.